The molecule has 132 valence electrons. The Hall–Kier alpha value is -2.89. The molecule has 0 bridgehead atoms. The van der Waals surface area contributed by atoms with Crippen LogP contribution in [0.4, 0.5) is 0 Å². The molecule has 1 aromatic carbocycles. The Balaban J connectivity index is 1.72. The summed E-state index contributed by atoms with van der Waals surface area (Å²) in [7, 11) is 3.25. The van der Waals surface area contributed by atoms with Gasteiger partial charge in [0.15, 0.2) is 0 Å². The number of amides is 2. The molecule has 25 heavy (non-hydrogen) atoms. The minimum Gasteiger partial charge on any atom is -0.497 e. The second-order valence-electron chi connectivity index (χ2n) is 5.69. The molecule has 1 aromatic heterocycles. The highest BCUT2D eigenvalue weighted by molar-refractivity contribution is 6.34. The van der Waals surface area contributed by atoms with Crippen molar-refractivity contribution in [1.29, 1.82) is 0 Å². The van der Waals surface area contributed by atoms with Crippen LogP contribution in [-0.4, -0.2) is 48.9 Å². The number of likely N-dealkylation sites (N-methyl/N-ethyl adjacent to an activating group) is 1. The molecule has 0 fully saturated rings. The van der Waals surface area contributed by atoms with Crippen LogP contribution in [0.2, 0.25) is 0 Å². The number of methoxy groups -OCH3 is 1. The summed E-state index contributed by atoms with van der Waals surface area (Å²) in [6, 6.07) is 11.4. The van der Waals surface area contributed by atoms with E-state index in [1.165, 1.54) is 4.90 Å². The lowest BCUT2D eigenvalue weighted by molar-refractivity contribution is -0.144. The quantitative estimate of drug-likeness (QED) is 0.774. The summed E-state index contributed by atoms with van der Waals surface area (Å²) in [5, 5.41) is 2.67. The largest absolute Gasteiger partial charge is 0.497 e. The molecule has 0 aliphatic carbocycles. The molecule has 6 heteroatoms. The number of rotatable bonds is 7. The Morgan fingerprint density at radius 2 is 1.68 bits per heavy atom. The molecule has 0 spiro atoms. The number of hydrogen-bond donors (Lipinski definition) is 1. The SMILES string of the molecule is COc1ccc(CCNC(=O)C(=O)N(C)CCc2ccncc2)cc1. The van der Waals surface area contributed by atoms with Crippen molar-refractivity contribution in [3.8, 4) is 5.75 Å². The summed E-state index contributed by atoms with van der Waals surface area (Å²) in [4.78, 5) is 29.4. The Morgan fingerprint density at radius 3 is 2.32 bits per heavy atom. The molecule has 6 nitrogen and oxygen atoms in total. The Bertz CT molecular complexity index is 687. The van der Waals surface area contributed by atoms with Gasteiger partial charge in [0.1, 0.15) is 5.75 Å². The average molecular weight is 341 g/mol. The number of aromatic nitrogens is 1. The van der Waals surface area contributed by atoms with E-state index in [9.17, 15) is 9.59 Å². The van der Waals surface area contributed by atoms with Crippen LogP contribution in [0.3, 0.4) is 0 Å². The molecular weight excluding hydrogens is 318 g/mol. The fraction of sp³-hybridized carbons (Fsp3) is 0.316. The van der Waals surface area contributed by atoms with Crippen LogP contribution < -0.4 is 10.1 Å². The maximum Gasteiger partial charge on any atom is 0.311 e. The highest BCUT2D eigenvalue weighted by Gasteiger charge is 2.17. The molecule has 1 N–H and O–H groups in total. The molecule has 2 aromatic rings. The van der Waals surface area contributed by atoms with Crippen molar-refractivity contribution in [3.05, 3.63) is 59.9 Å². The van der Waals surface area contributed by atoms with Crippen molar-refractivity contribution in [2.24, 2.45) is 0 Å². The van der Waals surface area contributed by atoms with Crippen LogP contribution in [-0.2, 0) is 22.4 Å². The molecule has 0 radical (unpaired) electrons. The van der Waals surface area contributed by atoms with Crippen LogP contribution in [0, 0.1) is 0 Å². The first kappa shape index (κ1) is 18.4. The lowest BCUT2D eigenvalue weighted by Gasteiger charge is -2.16. The average Bonchev–Trinajstić information content (AvgIpc) is 2.66. The van der Waals surface area contributed by atoms with E-state index in [0.29, 0.717) is 25.9 Å². The summed E-state index contributed by atoms with van der Waals surface area (Å²) in [6.07, 6.45) is 4.76. The van der Waals surface area contributed by atoms with Crippen molar-refractivity contribution in [2.75, 3.05) is 27.2 Å². The fourth-order valence-electron chi connectivity index (χ4n) is 2.31. The van der Waals surface area contributed by atoms with E-state index in [1.54, 1.807) is 26.6 Å². The van der Waals surface area contributed by atoms with Gasteiger partial charge in [-0.1, -0.05) is 12.1 Å². The lowest BCUT2D eigenvalue weighted by atomic mass is 10.1. The number of carbonyl (C=O) groups is 2. The maximum atomic E-state index is 12.1. The van der Waals surface area contributed by atoms with Crippen LogP contribution in [0.1, 0.15) is 11.1 Å². The van der Waals surface area contributed by atoms with Gasteiger partial charge in [0.05, 0.1) is 7.11 Å². The van der Waals surface area contributed by atoms with Crippen molar-refractivity contribution in [1.82, 2.24) is 15.2 Å². The topological polar surface area (TPSA) is 71.5 Å². The number of nitrogens with zero attached hydrogens (tertiary/aromatic N) is 2. The number of ether oxygens (including phenoxy) is 1. The smallest absolute Gasteiger partial charge is 0.311 e. The van der Waals surface area contributed by atoms with Gasteiger partial charge in [-0.05, 0) is 48.2 Å². The first-order chi connectivity index (χ1) is 12.1. The van der Waals surface area contributed by atoms with Crippen molar-refractivity contribution in [3.63, 3.8) is 0 Å². The van der Waals surface area contributed by atoms with Gasteiger partial charge in [0.2, 0.25) is 0 Å². The first-order valence-electron chi connectivity index (χ1n) is 8.15. The van der Waals surface area contributed by atoms with Gasteiger partial charge in [-0.15, -0.1) is 0 Å². The highest BCUT2D eigenvalue weighted by Crippen LogP contribution is 2.11. The molecule has 0 aliphatic heterocycles. The minimum absolute atomic E-state index is 0.412. The molecular formula is C19H23N3O3. The molecule has 2 rings (SSSR count). The summed E-state index contributed by atoms with van der Waals surface area (Å²) < 4.78 is 5.10. The van der Waals surface area contributed by atoms with E-state index in [1.807, 2.05) is 36.4 Å². The van der Waals surface area contributed by atoms with Gasteiger partial charge in [0, 0.05) is 32.5 Å². The summed E-state index contributed by atoms with van der Waals surface area (Å²) in [6.45, 7) is 0.893. The predicted molar refractivity (Wildman–Crippen MR) is 95.3 cm³/mol. The molecule has 0 saturated carbocycles. The highest BCUT2D eigenvalue weighted by atomic mass is 16.5. The maximum absolute atomic E-state index is 12.1. The van der Waals surface area contributed by atoms with E-state index in [2.05, 4.69) is 10.3 Å². The monoisotopic (exact) mass is 341 g/mol. The van der Waals surface area contributed by atoms with Crippen LogP contribution in [0.25, 0.3) is 0 Å². The molecule has 0 saturated heterocycles. The zero-order valence-corrected chi connectivity index (χ0v) is 14.6. The standard InChI is InChI=1S/C19H23N3O3/c1-22(14-10-16-7-11-20-12-8-16)19(24)18(23)21-13-9-15-3-5-17(25-2)6-4-15/h3-8,11-12H,9-10,13-14H2,1-2H3,(H,21,23). The first-order valence-corrected chi connectivity index (χ1v) is 8.15. The number of hydrogen-bond acceptors (Lipinski definition) is 4. The molecule has 0 unspecified atom stereocenters. The Labute approximate surface area is 147 Å². The van der Waals surface area contributed by atoms with E-state index in [4.69, 9.17) is 4.74 Å². The van der Waals surface area contributed by atoms with Crippen LogP contribution in [0.15, 0.2) is 48.8 Å². The van der Waals surface area contributed by atoms with E-state index in [-0.39, 0.29) is 0 Å². The van der Waals surface area contributed by atoms with E-state index >= 15 is 0 Å². The third-order valence-corrected chi connectivity index (χ3v) is 3.88. The second kappa shape index (κ2) is 9.42. The number of pyridine rings is 1. The molecule has 1 heterocycles. The van der Waals surface area contributed by atoms with E-state index < -0.39 is 11.8 Å². The lowest BCUT2D eigenvalue weighted by Crippen LogP contribution is -2.42. The van der Waals surface area contributed by atoms with Crippen LogP contribution in [0.5, 0.6) is 5.75 Å². The van der Waals surface area contributed by atoms with Gasteiger partial charge in [0.25, 0.3) is 0 Å². The molecule has 0 atom stereocenters. The summed E-state index contributed by atoms with van der Waals surface area (Å²) >= 11 is 0. The summed E-state index contributed by atoms with van der Waals surface area (Å²) in [5.41, 5.74) is 2.15. The van der Waals surface area contributed by atoms with Crippen LogP contribution >= 0.6 is 0 Å². The Morgan fingerprint density at radius 1 is 1.04 bits per heavy atom. The second-order valence-corrected chi connectivity index (χ2v) is 5.69. The fourth-order valence-corrected chi connectivity index (χ4v) is 2.31. The number of nitrogens with one attached hydrogen (secondary N) is 1. The van der Waals surface area contributed by atoms with Crippen molar-refractivity contribution in [2.45, 2.75) is 12.8 Å². The zero-order chi connectivity index (χ0) is 18.1. The number of carbonyl (C=O) groups excluding carboxylic acids is 2. The molecule has 2 amide bonds. The van der Waals surface area contributed by atoms with Gasteiger partial charge in [-0.25, -0.2) is 0 Å². The Kier molecular flexibility index (Phi) is 6.95. The van der Waals surface area contributed by atoms with E-state index in [0.717, 1.165) is 16.9 Å². The normalized spacial score (nSPS) is 10.2. The zero-order valence-electron chi connectivity index (χ0n) is 14.6. The molecule has 0 aliphatic rings. The van der Waals surface area contributed by atoms with Gasteiger partial charge >= 0.3 is 11.8 Å². The third-order valence-electron chi connectivity index (χ3n) is 3.88. The summed E-state index contributed by atoms with van der Waals surface area (Å²) in [5.74, 6) is -0.312. The third kappa shape index (κ3) is 5.91. The van der Waals surface area contributed by atoms with Crippen molar-refractivity contribution < 1.29 is 14.3 Å². The van der Waals surface area contributed by atoms with Crippen molar-refractivity contribution >= 4 is 11.8 Å². The van der Waals surface area contributed by atoms with Gasteiger partial charge < -0.3 is 15.0 Å². The minimum atomic E-state index is -0.578. The van der Waals surface area contributed by atoms with Gasteiger partial charge in [-0.3, -0.25) is 14.6 Å². The predicted octanol–water partition coefficient (Wildman–Crippen LogP) is 1.45. The van der Waals surface area contributed by atoms with Gasteiger partial charge in [-0.2, -0.15) is 0 Å². The number of benzene rings is 1.